The van der Waals surface area contributed by atoms with E-state index in [-0.39, 0.29) is 25.5 Å². The number of hydrogen-bond donors (Lipinski definition) is 1. The molecule has 0 radical (unpaired) electrons. The van der Waals surface area contributed by atoms with E-state index >= 15 is 0 Å². The number of thiophene rings is 1. The molecule has 1 aromatic heterocycles. The number of esters is 1. The van der Waals surface area contributed by atoms with E-state index in [0.717, 1.165) is 47.3 Å². The topological polar surface area (TPSA) is 92.8 Å². The lowest BCUT2D eigenvalue weighted by atomic mass is 9.95. The first-order chi connectivity index (χ1) is 15.6. The van der Waals surface area contributed by atoms with Crippen LogP contribution < -0.4 is 9.62 Å². The van der Waals surface area contributed by atoms with Crippen LogP contribution in [0.5, 0.6) is 0 Å². The first kappa shape index (κ1) is 25.2. The molecule has 33 heavy (non-hydrogen) atoms. The van der Waals surface area contributed by atoms with E-state index in [1.54, 1.807) is 6.92 Å². The van der Waals surface area contributed by atoms with Gasteiger partial charge in [-0.1, -0.05) is 6.07 Å². The van der Waals surface area contributed by atoms with Gasteiger partial charge < -0.3 is 10.1 Å². The molecule has 0 atom stereocenters. The van der Waals surface area contributed by atoms with Crippen LogP contribution in [0.3, 0.4) is 0 Å². The molecule has 0 spiro atoms. The van der Waals surface area contributed by atoms with E-state index in [1.165, 1.54) is 21.9 Å². The van der Waals surface area contributed by atoms with Crippen molar-refractivity contribution in [3.63, 3.8) is 0 Å². The third kappa shape index (κ3) is 6.35. The minimum absolute atomic E-state index is 0.141. The van der Waals surface area contributed by atoms with Crippen LogP contribution in [0, 0.1) is 13.8 Å². The molecule has 1 heterocycles. The van der Waals surface area contributed by atoms with E-state index in [9.17, 15) is 18.0 Å². The number of amides is 1. The van der Waals surface area contributed by atoms with Crippen molar-refractivity contribution in [2.75, 3.05) is 29.0 Å². The number of hydrogen-bond acceptors (Lipinski definition) is 6. The van der Waals surface area contributed by atoms with Crippen LogP contribution in [0.1, 0.15) is 64.5 Å². The van der Waals surface area contributed by atoms with Crippen molar-refractivity contribution in [2.45, 2.75) is 59.3 Å². The number of aryl methyl sites for hydroxylation is 3. The zero-order valence-corrected chi connectivity index (χ0v) is 21.3. The highest BCUT2D eigenvalue weighted by Gasteiger charge is 2.27. The highest BCUT2D eigenvalue weighted by molar-refractivity contribution is 7.92. The first-order valence-electron chi connectivity index (χ1n) is 11.3. The molecular weight excluding hydrogens is 460 g/mol. The van der Waals surface area contributed by atoms with Gasteiger partial charge >= 0.3 is 5.97 Å². The predicted molar refractivity (Wildman–Crippen MR) is 133 cm³/mol. The zero-order chi connectivity index (χ0) is 24.2. The fraction of sp³-hybridized carbons (Fsp3) is 0.500. The number of fused-ring (bicyclic) bond motifs is 1. The van der Waals surface area contributed by atoms with E-state index in [2.05, 4.69) is 5.32 Å². The van der Waals surface area contributed by atoms with Crippen LogP contribution in [0.25, 0.3) is 0 Å². The number of carbonyl (C=O) groups excluding carboxylic acids is 2. The molecule has 0 bridgehead atoms. The molecule has 0 fully saturated rings. The molecule has 1 aliphatic carbocycles. The van der Waals surface area contributed by atoms with Crippen molar-refractivity contribution in [2.24, 2.45) is 0 Å². The van der Waals surface area contributed by atoms with Gasteiger partial charge in [0.2, 0.25) is 15.9 Å². The second-order valence-electron chi connectivity index (χ2n) is 8.47. The van der Waals surface area contributed by atoms with Gasteiger partial charge in [-0.05, 0) is 81.7 Å². The number of nitrogens with one attached hydrogen (secondary N) is 1. The monoisotopic (exact) mass is 492 g/mol. The van der Waals surface area contributed by atoms with E-state index in [0.29, 0.717) is 22.7 Å². The largest absolute Gasteiger partial charge is 0.462 e. The van der Waals surface area contributed by atoms with Crippen LogP contribution in [0.2, 0.25) is 0 Å². The third-order valence-electron chi connectivity index (χ3n) is 5.56. The summed E-state index contributed by atoms with van der Waals surface area (Å²) in [4.78, 5) is 26.4. The Hall–Kier alpha value is -2.39. The lowest BCUT2D eigenvalue weighted by Crippen LogP contribution is -2.31. The van der Waals surface area contributed by atoms with E-state index < -0.39 is 16.0 Å². The molecule has 9 heteroatoms. The summed E-state index contributed by atoms with van der Waals surface area (Å²) in [5.41, 5.74) is 4.04. The van der Waals surface area contributed by atoms with Gasteiger partial charge in [-0.15, -0.1) is 11.3 Å². The number of sulfonamides is 1. The Morgan fingerprint density at radius 3 is 2.42 bits per heavy atom. The highest BCUT2D eigenvalue weighted by Crippen LogP contribution is 2.38. The Balaban J connectivity index is 1.70. The van der Waals surface area contributed by atoms with Crippen molar-refractivity contribution >= 4 is 43.9 Å². The Labute approximate surface area is 200 Å². The maximum Gasteiger partial charge on any atom is 0.341 e. The minimum Gasteiger partial charge on any atom is -0.462 e. The summed E-state index contributed by atoms with van der Waals surface area (Å²) >= 11 is 1.45. The summed E-state index contributed by atoms with van der Waals surface area (Å²) in [5, 5.41) is 3.43. The number of benzene rings is 1. The van der Waals surface area contributed by atoms with Crippen molar-refractivity contribution in [3.05, 3.63) is 45.3 Å². The lowest BCUT2D eigenvalue weighted by Gasteiger charge is -2.23. The van der Waals surface area contributed by atoms with Crippen LogP contribution in [0.4, 0.5) is 10.7 Å². The Bertz CT molecular complexity index is 1120. The molecule has 1 aromatic carbocycles. The molecule has 2 aromatic rings. The van der Waals surface area contributed by atoms with E-state index in [1.807, 2.05) is 32.0 Å². The lowest BCUT2D eigenvalue weighted by molar-refractivity contribution is -0.116. The molecule has 7 nitrogen and oxygen atoms in total. The van der Waals surface area contributed by atoms with Crippen LogP contribution in [-0.4, -0.2) is 39.7 Å². The molecule has 0 unspecified atom stereocenters. The number of rotatable bonds is 9. The maximum atomic E-state index is 12.7. The molecule has 3 rings (SSSR count). The molecule has 0 aliphatic heterocycles. The van der Waals surface area contributed by atoms with Gasteiger partial charge in [0.25, 0.3) is 0 Å². The zero-order valence-electron chi connectivity index (χ0n) is 19.7. The second kappa shape index (κ2) is 10.7. The standard InChI is InChI=1S/C24H32N2O5S2/c1-5-31-24(28)22-19-9-6-7-10-20(19)32-23(22)25-21(27)11-8-12-26(33(4,29)30)18-14-16(2)13-17(3)15-18/h13-15H,5-12H2,1-4H3,(H,25,27). The van der Waals surface area contributed by atoms with Gasteiger partial charge in [-0.25, -0.2) is 13.2 Å². The summed E-state index contributed by atoms with van der Waals surface area (Å²) in [7, 11) is -3.49. The minimum atomic E-state index is -3.49. The van der Waals surface area contributed by atoms with Gasteiger partial charge in [0.05, 0.1) is 24.1 Å². The molecule has 1 aliphatic rings. The number of nitrogens with zero attached hydrogens (tertiary/aromatic N) is 1. The number of carbonyl (C=O) groups is 2. The van der Waals surface area contributed by atoms with Crippen molar-refractivity contribution in [1.29, 1.82) is 0 Å². The molecular formula is C24H32N2O5S2. The highest BCUT2D eigenvalue weighted by atomic mass is 32.2. The number of ether oxygens (including phenoxy) is 1. The predicted octanol–water partition coefficient (Wildman–Crippen LogP) is 4.61. The SMILES string of the molecule is CCOC(=O)c1c(NC(=O)CCCN(c2cc(C)cc(C)c2)S(C)(=O)=O)sc2c1CCCC2. The van der Waals surface area contributed by atoms with Crippen LogP contribution in [-0.2, 0) is 32.4 Å². The molecule has 0 saturated carbocycles. The third-order valence-corrected chi connectivity index (χ3v) is 7.96. The second-order valence-corrected chi connectivity index (χ2v) is 11.5. The Morgan fingerprint density at radius 1 is 1.12 bits per heavy atom. The number of anilines is 2. The molecule has 1 amide bonds. The maximum absolute atomic E-state index is 12.7. The normalized spacial score (nSPS) is 13.3. The Kier molecular flexibility index (Phi) is 8.18. The van der Waals surface area contributed by atoms with Gasteiger partial charge in [0.15, 0.2) is 0 Å². The smallest absolute Gasteiger partial charge is 0.341 e. The molecule has 1 N–H and O–H groups in total. The van der Waals surface area contributed by atoms with E-state index in [4.69, 9.17) is 4.74 Å². The van der Waals surface area contributed by atoms with Crippen molar-refractivity contribution in [1.82, 2.24) is 0 Å². The van der Waals surface area contributed by atoms with Crippen molar-refractivity contribution in [3.8, 4) is 0 Å². The average Bonchev–Trinajstić information content (AvgIpc) is 3.07. The quantitative estimate of drug-likeness (QED) is 0.516. The summed E-state index contributed by atoms with van der Waals surface area (Å²) in [5.74, 6) is -0.640. The molecule has 0 saturated heterocycles. The van der Waals surface area contributed by atoms with Gasteiger partial charge in [-0.2, -0.15) is 0 Å². The average molecular weight is 493 g/mol. The summed E-state index contributed by atoms with van der Waals surface area (Å²) in [6.45, 7) is 6.08. The molecule has 180 valence electrons. The summed E-state index contributed by atoms with van der Waals surface area (Å²) in [6, 6.07) is 5.64. The van der Waals surface area contributed by atoms with Crippen LogP contribution >= 0.6 is 11.3 Å². The van der Waals surface area contributed by atoms with Crippen molar-refractivity contribution < 1.29 is 22.7 Å². The van der Waals surface area contributed by atoms with Gasteiger partial charge in [-0.3, -0.25) is 9.10 Å². The fourth-order valence-electron chi connectivity index (χ4n) is 4.23. The summed E-state index contributed by atoms with van der Waals surface area (Å²) < 4.78 is 31.4. The van der Waals surface area contributed by atoms with Gasteiger partial charge in [0, 0.05) is 17.8 Å². The van der Waals surface area contributed by atoms with Gasteiger partial charge in [0.1, 0.15) is 5.00 Å². The van der Waals surface area contributed by atoms with Crippen LogP contribution in [0.15, 0.2) is 18.2 Å². The fourth-order valence-corrected chi connectivity index (χ4v) is 6.47. The Morgan fingerprint density at radius 2 is 1.79 bits per heavy atom. The summed E-state index contributed by atoms with van der Waals surface area (Å²) in [6.07, 6.45) is 5.47. The first-order valence-corrected chi connectivity index (χ1v) is 13.9.